The molecular weight excluding hydrogens is 980 g/mol. The van der Waals surface area contributed by atoms with Gasteiger partial charge in [-0.15, -0.1) is 0 Å². The molecule has 17 heteroatoms. The molecule has 0 aliphatic carbocycles. The number of nitrogens with zero attached hydrogens (tertiary/aromatic N) is 2. The highest BCUT2D eigenvalue weighted by molar-refractivity contribution is 6.39. The molecule has 5 aliphatic heterocycles. The van der Waals surface area contributed by atoms with E-state index in [0.29, 0.717) is 40.2 Å². The number of rotatable bonds is 5. The SMILES string of the molecule is COC(=O)c1c(C)c2c(c(C)c1O)OC(=O)c1c(C)c(Cl)c(O)c(Cl)c1O2.COc1ccc2cc1Oc1ccc(cc1)CC1c3cc(c(OC)cc3CCN1C)Oc1c(OC)c(OC)cc3c1C(C2)N(C)CC3. The first-order valence-electron chi connectivity index (χ1n) is 23.6. The average molecular weight is 1040 g/mol. The topological polar surface area (TPSA) is 164 Å². The Hall–Kier alpha value is -7.04. The van der Waals surface area contributed by atoms with Crippen LogP contribution in [0, 0.1) is 20.8 Å². The number of hydrogen-bond acceptors (Lipinski definition) is 15. The van der Waals surface area contributed by atoms with Crippen molar-refractivity contribution in [1.29, 1.82) is 0 Å². The molecule has 15 nitrogen and oxygen atoms in total. The summed E-state index contributed by atoms with van der Waals surface area (Å²) < 4.78 is 53.0. The molecule has 2 N–H and O–H groups in total. The van der Waals surface area contributed by atoms with Gasteiger partial charge < -0.3 is 52.8 Å². The highest BCUT2D eigenvalue weighted by Gasteiger charge is 2.37. The number of halogens is 2. The number of aromatic hydroxyl groups is 2. The van der Waals surface area contributed by atoms with E-state index in [-0.39, 0.29) is 67.2 Å². The van der Waals surface area contributed by atoms with Gasteiger partial charge in [0.2, 0.25) is 5.75 Å². The Kier molecular flexibility index (Phi) is 14.3. The highest BCUT2D eigenvalue weighted by atomic mass is 35.5. The van der Waals surface area contributed by atoms with Crippen molar-refractivity contribution >= 4 is 35.1 Å². The number of ether oxygens (including phenoxy) is 9. The number of fused-ring (bicyclic) bond motifs is 4. The van der Waals surface area contributed by atoms with Gasteiger partial charge in [-0.25, -0.2) is 9.59 Å². The van der Waals surface area contributed by atoms with Crippen molar-refractivity contribution in [2.24, 2.45) is 0 Å². The van der Waals surface area contributed by atoms with Crippen LogP contribution in [-0.4, -0.2) is 94.7 Å². The van der Waals surface area contributed by atoms with Crippen LogP contribution in [0.1, 0.15) is 82.9 Å². The zero-order valence-electron chi connectivity index (χ0n) is 42.2. The molecule has 11 rings (SSSR count). The molecule has 0 saturated carbocycles. The summed E-state index contributed by atoms with van der Waals surface area (Å²) in [5.41, 5.74) is 7.42. The lowest BCUT2D eigenvalue weighted by molar-refractivity contribution is 0.0595. The van der Waals surface area contributed by atoms with Crippen LogP contribution in [-0.2, 0) is 30.4 Å². The number of phenols is 2. The van der Waals surface area contributed by atoms with Crippen LogP contribution in [0.3, 0.4) is 0 Å². The summed E-state index contributed by atoms with van der Waals surface area (Å²) in [4.78, 5) is 29.6. The van der Waals surface area contributed by atoms with E-state index in [0.717, 1.165) is 55.6 Å². The standard InChI is InChI=1S/C38H42N2O6.C18H14Cl2O7/c1-39-15-13-25-20-32(42-4)34-22-28(25)29(39)17-23-7-10-27(11-8-23)45-33-19-24(9-12-31(33)41-3)18-30-36-26(14-16-40(30)2)21-35(43-5)37(44-6)38(36)46-34;1-5-9-16(11(20)13(22)10(5)19)26-14-6(2)8(17(23)25-4)12(21)7(3)15(14)27-18(9)24/h7-12,19-22,29-30H,13-18H2,1-6H3;21-22H,1-4H3. The molecule has 0 amide bonds. The maximum atomic E-state index is 12.7. The predicted octanol–water partition coefficient (Wildman–Crippen LogP) is 11.6. The van der Waals surface area contributed by atoms with Gasteiger partial charge in [-0.05, 0) is 136 Å². The highest BCUT2D eigenvalue weighted by Crippen LogP contribution is 2.54. The van der Waals surface area contributed by atoms with Crippen LogP contribution in [0.25, 0.3) is 0 Å². The van der Waals surface area contributed by atoms with Gasteiger partial charge >= 0.3 is 11.9 Å². The van der Waals surface area contributed by atoms with Crippen LogP contribution in [0.15, 0.2) is 60.7 Å². The zero-order chi connectivity index (χ0) is 52.2. The first-order valence-corrected chi connectivity index (χ1v) is 24.3. The minimum absolute atomic E-state index is 0.000437. The van der Waals surface area contributed by atoms with Crippen molar-refractivity contribution < 1.29 is 62.4 Å². The second-order valence-electron chi connectivity index (χ2n) is 18.4. The molecule has 0 radical (unpaired) electrons. The lowest BCUT2D eigenvalue weighted by Gasteiger charge is -2.37. The van der Waals surface area contributed by atoms with Crippen molar-refractivity contribution in [1.82, 2.24) is 9.80 Å². The fourth-order valence-corrected chi connectivity index (χ4v) is 10.6. The summed E-state index contributed by atoms with van der Waals surface area (Å²) in [5.74, 6) is 2.67. The van der Waals surface area contributed by atoms with Gasteiger partial charge in [0.15, 0.2) is 57.5 Å². The zero-order valence-corrected chi connectivity index (χ0v) is 43.7. The number of likely N-dealkylation sites (N-methyl/N-ethyl adjacent to an activating group) is 2. The second kappa shape index (κ2) is 20.5. The maximum absolute atomic E-state index is 12.7. The minimum Gasteiger partial charge on any atom is -0.507 e. The molecule has 382 valence electrons. The van der Waals surface area contributed by atoms with Gasteiger partial charge in [0.05, 0.1) is 40.6 Å². The molecule has 73 heavy (non-hydrogen) atoms. The van der Waals surface area contributed by atoms with Crippen molar-refractivity contribution in [2.75, 3.05) is 62.7 Å². The molecule has 0 spiro atoms. The molecule has 0 aromatic heterocycles. The fourth-order valence-electron chi connectivity index (χ4n) is 10.2. The van der Waals surface area contributed by atoms with E-state index in [2.05, 4.69) is 66.4 Å². The summed E-state index contributed by atoms with van der Waals surface area (Å²) in [5, 5.41) is 20.1. The number of methoxy groups -OCH3 is 5. The van der Waals surface area contributed by atoms with Crippen LogP contribution in [0.4, 0.5) is 0 Å². The van der Waals surface area contributed by atoms with Gasteiger partial charge in [0, 0.05) is 41.9 Å². The van der Waals surface area contributed by atoms with Gasteiger partial charge in [0.25, 0.3) is 0 Å². The molecule has 6 aromatic carbocycles. The minimum atomic E-state index is -0.835. The Morgan fingerprint density at radius 1 is 0.616 bits per heavy atom. The number of carbonyl (C=O) groups excluding carboxylic acids is 2. The second-order valence-corrected chi connectivity index (χ2v) is 19.1. The quantitative estimate of drug-likeness (QED) is 0.124. The lowest BCUT2D eigenvalue weighted by atomic mass is 9.87. The first-order chi connectivity index (χ1) is 35.0. The fraction of sp³-hybridized carbons (Fsp3) is 0.321. The molecule has 2 atom stereocenters. The first kappa shape index (κ1) is 50.9. The van der Waals surface area contributed by atoms with Crippen LogP contribution in [0.2, 0.25) is 10.0 Å². The van der Waals surface area contributed by atoms with Crippen molar-refractivity contribution in [3.8, 4) is 74.7 Å². The van der Waals surface area contributed by atoms with E-state index >= 15 is 0 Å². The van der Waals surface area contributed by atoms with Crippen molar-refractivity contribution in [3.63, 3.8) is 0 Å². The molecule has 0 saturated heterocycles. The van der Waals surface area contributed by atoms with E-state index in [4.69, 9.17) is 65.8 Å². The Labute approximate surface area is 433 Å². The molecule has 6 bridgehead atoms. The summed E-state index contributed by atoms with van der Waals surface area (Å²) in [6.45, 7) is 6.29. The number of carbonyl (C=O) groups is 2. The lowest BCUT2D eigenvalue weighted by Crippen LogP contribution is -2.34. The maximum Gasteiger partial charge on any atom is 0.347 e. The third-order valence-electron chi connectivity index (χ3n) is 14.2. The number of hydrogen-bond donors (Lipinski definition) is 2. The Balaban J connectivity index is 0.000000207. The summed E-state index contributed by atoms with van der Waals surface area (Å²) in [7, 11) is 12.3. The third-order valence-corrected chi connectivity index (χ3v) is 15.1. The van der Waals surface area contributed by atoms with Gasteiger partial charge in [-0.3, -0.25) is 9.80 Å². The van der Waals surface area contributed by atoms with Crippen LogP contribution >= 0.6 is 23.2 Å². The van der Waals surface area contributed by atoms with Gasteiger partial charge in [0.1, 0.15) is 27.6 Å². The smallest absolute Gasteiger partial charge is 0.347 e. The van der Waals surface area contributed by atoms with Crippen molar-refractivity contribution in [2.45, 2.75) is 58.5 Å². The normalized spacial score (nSPS) is 16.7. The molecule has 5 aliphatic rings. The van der Waals surface area contributed by atoms with Crippen LogP contribution in [0.5, 0.6) is 74.7 Å². The number of esters is 2. The summed E-state index contributed by atoms with van der Waals surface area (Å²) in [6, 6.07) is 21.2. The molecule has 6 aromatic rings. The number of benzene rings is 6. The van der Waals surface area contributed by atoms with E-state index in [1.807, 2.05) is 18.2 Å². The molecule has 2 unspecified atom stereocenters. The monoisotopic (exact) mass is 1030 g/mol. The number of phenolic OH excluding ortho intramolecular Hbond substituents is 2. The summed E-state index contributed by atoms with van der Waals surface area (Å²) in [6.07, 6.45) is 3.37. The Morgan fingerprint density at radius 3 is 1.90 bits per heavy atom. The predicted molar refractivity (Wildman–Crippen MR) is 274 cm³/mol. The average Bonchev–Trinajstić information content (AvgIpc) is 3.55. The molecule has 5 heterocycles. The van der Waals surface area contributed by atoms with Gasteiger partial charge in [-0.1, -0.05) is 41.4 Å². The third kappa shape index (κ3) is 9.13. The van der Waals surface area contributed by atoms with Crippen molar-refractivity contribution in [3.05, 3.63) is 132 Å². The Morgan fingerprint density at radius 2 is 1.23 bits per heavy atom. The summed E-state index contributed by atoms with van der Waals surface area (Å²) >= 11 is 12.2. The van der Waals surface area contributed by atoms with E-state index in [1.54, 1.807) is 28.4 Å². The molecule has 0 fully saturated rings. The van der Waals surface area contributed by atoms with Crippen LogP contribution < -0.4 is 37.9 Å². The van der Waals surface area contributed by atoms with E-state index in [1.165, 1.54) is 50.1 Å². The largest absolute Gasteiger partial charge is 0.507 e. The molecular formula is C56H56Cl2N2O13. The Bertz CT molecular complexity index is 3200. The van der Waals surface area contributed by atoms with E-state index in [9.17, 15) is 19.8 Å². The van der Waals surface area contributed by atoms with Gasteiger partial charge in [-0.2, -0.15) is 0 Å². The van der Waals surface area contributed by atoms with E-state index < -0.39 is 23.4 Å².